The number of hydrogen-bond acceptors (Lipinski definition) is 6. The van der Waals surface area contributed by atoms with Gasteiger partial charge in [0.2, 0.25) is 0 Å². The van der Waals surface area contributed by atoms with Crippen LogP contribution in [-0.2, 0) is 0 Å². The van der Waals surface area contributed by atoms with E-state index in [4.69, 9.17) is 27.5 Å². The summed E-state index contributed by atoms with van der Waals surface area (Å²) in [6.45, 7) is 4.30. The highest BCUT2D eigenvalue weighted by Crippen LogP contribution is 2.28. The number of amides is 2. The zero-order valence-electron chi connectivity index (χ0n) is 20.4. The molecular weight excluding hydrogens is 480 g/mol. The van der Waals surface area contributed by atoms with Crippen LogP contribution in [0.4, 0.5) is 17.2 Å². The number of anilines is 3. The Bertz CT molecular complexity index is 1260. The predicted octanol–water partition coefficient (Wildman–Crippen LogP) is 4.71. The van der Waals surface area contributed by atoms with Crippen LogP contribution < -0.4 is 26.0 Å². The van der Waals surface area contributed by atoms with Crippen molar-refractivity contribution < 1.29 is 14.3 Å². The fraction of sp³-hybridized carbons (Fsp3) is 0.231. The molecule has 9 nitrogen and oxygen atoms in total. The normalized spacial score (nSPS) is 10.5. The summed E-state index contributed by atoms with van der Waals surface area (Å²) >= 11 is 5.87. The molecule has 0 aliphatic heterocycles. The third-order valence-electron chi connectivity index (χ3n) is 5.34. The van der Waals surface area contributed by atoms with Crippen LogP contribution in [0.1, 0.15) is 39.6 Å². The van der Waals surface area contributed by atoms with Gasteiger partial charge in [-0.25, -0.2) is 4.98 Å². The van der Waals surface area contributed by atoms with Gasteiger partial charge >= 0.3 is 0 Å². The maximum Gasteiger partial charge on any atom is 0.259 e. The van der Waals surface area contributed by atoms with Gasteiger partial charge < -0.3 is 26.0 Å². The molecule has 1 aromatic heterocycles. The second-order valence-electron chi connectivity index (χ2n) is 8.13. The van der Waals surface area contributed by atoms with Crippen LogP contribution in [0.3, 0.4) is 0 Å². The molecule has 0 unspecified atom stereocenters. The number of nitrogens with two attached hydrogens (primary N) is 1. The van der Waals surface area contributed by atoms with Crippen LogP contribution in [0.5, 0.6) is 5.75 Å². The van der Waals surface area contributed by atoms with Crippen molar-refractivity contribution in [3.8, 4) is 5.75 Å². The Labute approximate surface area is 215 Å². The van der Waals surface area contributed by atoms with Gasteiger partial charge in [-0.15, -0.1) is 0 Å². The first-order valence-electron chi connectivity index (χ1n) is 11.3. The number of hydrogen-bond donors (Lipinski definition) is 4. The van der Waals surface area contributed by atoms with Gasteiger partial charge in [-0.1, -0.05) is 23.2 Å². The molecule has 0 saturated heterocycles. The first-order valence-corrected chi connectivity index (χ1v) is 11.7. The van der Waals surface area contributed by atoms with E-state index < -0.39 is 11.8 Å². The lowest BCUT2D eigenvalue weighted by Gasteiger charge is -2.20. The van der Waals surface area contributed by atoms with E-state index in [9.17, 15) is 9.59 Å². The number of halogens is 1. The summed E-state index contributed by atoms with van der Waals surface area (Å²) in [6, 6.07) is 13.4. The van der Waals surface area contributed by atoms with E-state index in [2.05, 4.69) is 15.6 Å². The zero-order valence-corrected chi connectivity index (χ0v) is 21.1. The van der Waals surface area contributed by atoms with E-state index in [0.29, 0.717) is 53.4 Å². The van der Waals surface area contributed by atoms with E-state index in [1.54, 1.807) is 67.4 Å². The molecule has 2 aromatic carbocycles. The molecule has 188 valence electrons. The second-order valence-corrected chi connectivity index (χ2v) is 8.57. The Morgan fingerprint density at radius 2 is 1.83 bits per heavy atom. The highest BCUT2D eigenvalue weighted by Gasteiger charge is 2.19. The average molecular weight is 509 g/mol. The maximum absolute atomic E-state index is 13.3. The number of amidine groups is 1. The molecule has 0 atom stereocenters. The molecule has 0 fully saturated rings. The molecule has 0 saturated carbocycles. The van der Waals surface area contributed by atoms with E-state index in [0.717, 1.165) is 5.56 Å². The highest BCUT2D eigenvalue weighted by molar-refractivity contribution is 6.30. The van der Waals surface area contributed by atoms with Crippen molar-refractivity contribution in [2.45, 2.75) is 20.3 Å². The molecule has 0 bridgehead atoms. The minimum atomic E-state index is -0.443. The molecule has 0 aliphatic rings. The van der Waals surface area contributed by atoms with E-state index >= 15 is 0 Å². The molecule has 0 radical (unpaired) electrons. The predicted molar refractivity (Wildman–Crippen MR) is 144 cm³/mol. The molecule has 36 heavy (non-hydrogen) atoms. The van der Waals surface area contributed by atoms with Crippen LogP contribution >= 0.6 is 11.6 Å². The van der Waals surface area contributed by atoms with Gasteiger partial charge in [0.05, 0.1) is 34.3 Å². The van der Waals surface area contributed by atoms with E-state index in [1.807, 2.05) is 6.92 Å². The number of rotatable bonds is 9. The van der Waals surface area contributed by atoms with Crippen LogP contribution in [0.25, 0.3) is 0 Å². The number of nitrogens with one attached hydrogen (secondary N) is 3. The molecule has 2 amide bonds. The monoisotopic (exact) mass is 508 g/mol. The Balaban J connectivity index is 1.89. The Morgan fingerprint density at radius 3 is 2.50 bits per heavy atom. The first-order chi connectivity index (χ1) is 17.2. The van der Waals surface area contributed by atoms with Crippen LogP contribution in [0, 0.1) is 12.3 Å². The van der Waals surface area contributed by atoms with Crippen LogP contribution in [-0.4, -0.2) is 42.8 Å². The standard InChI is InChI=1S/C26H29ClN6O3/c1-16-5-9-22(21(13-16)26(35)32-24-10-6-18(27)15-30-24)31-25(34)20-8-7-19(33(3)17(2)29)14-23(20)36-12-4-11-28/h5-10,13-15,29H,4,11-12,28H2,1-3H3,(H,31,34)(H,30,32,35). The number of aromatic nitrogens is 1. The highest BCUT2D eigenvalue weighted by atomic mass is 35.5. The number of nitrogens with zero attached hydrogens (tertiary/aromatic N) is 2. The molecule has 5 N–H and O–H groups in total. The number of pyridine rings is 1. The number of benzene rings is 2. The van der Waals surface area contributed by atoms with Gasteiger partial charge in [0.25, 0.3) is 11.8 Å². The third-order valence-corrected chi connectivity index (χ3v) is 5.57. The van der Waals surface area contributed by atoms with Gasteiger partial charge in [0.15, 0.2) is 0 Å². The van der Waals surface area contributed by atoms with Crippen molar-refractivity contribution >= 4 is 46.4 Å². The van der Waals surface area contributed by atoms with E-state index in [-0.39, 0.29) is 11.1 Å². The second kappa shape index (κ2) is 12.1. The summed E-state index contributed by atoms with van der Waals surface area (Å²) in [5, 5.41) is 13.9. The molecule has 0 aliphatic carbocycles. The summed E-state index contributed by atoms with van der Waals surface area (Å²) in [5.41, 5.74) is 8.04. The summed E-state index contributed by atoms with van der Waals surface area (Å²) in [4.78, 5) is 32.1. The summed E-state index contributed by atoms with van der Waals surface area (Å²) in [5.74, 6) is 0.156. The van der Waals surface area contributed by atoms with Crippen molar-refractivity contribution in [1.29, 1.82) is 5.41 Å². The largest absolute Gasteiger partial charge is 0.493 e. The SMILES string of the molecule is CC(=N)N(C)c1ccc(C(=O)Nc2ccc(C)cc2C(=O)Nc2ccc(Cl)cn2)c(OCCCN)c1. The minimum Gasteiger partial charge on any atom is -0.493 e. The zero-order chi connectivity index (χ0) is 26.2. The van der Waals surface area contributed by atoms with Crippen molar-refractivity contribution in [3.63, 3.8) is 0 Å². The number of aryl methyl sites for hydroxylation is 1. The van der Waals surface area contributed by atoms with Gasteiger partial charge in [-0.2, -0.15) is 0 Å². The van der Waals surface area contributed by atoms with E-state index in [1.165, 1.54) is 6.20 Å². The topological polar surface area (TPSA) is 133 Å². The van der Waals surface area contributed by atoms with Crippen molar-refractivity contribution in [1.82, 2.24) is 4.98 Å². The molecular formula is C26H29ClN6O3. The average Bonchev–Trinajstić information content (AvgIpc) is 2.86. The summed E-state index contributed by atoms with van der Waals surface area (Å²) < 4.78 is 5.86. The van der Waals surface area contributed by atoms with Crippen LogP contribution in [0.15, 0.2) is 54.7 Å². The van der Waals surface area contributed by atoms with Crippen molar-refractivity contribution in [2.24, 2.45) is 5.73 Å². The smallest absolute Gasteiger partial charge is 0.259 e. The lowest BCUT2D eigenvalue weighted by Crippen LogP contribution is -2.23. The number of carbonyl (C=O) groups is 2. The molecule has 1 heterocycles. The summed E-state index contributed by atoms with van der Waals surface area (Å²) in [6.07, 6.45) is 2.05. The fourth-order valence-electron chi connectivity index (χ4n) is 3.26. The van der Waals surface area contributed by atoms with Gasteiger partial charge in [0, 0.05) is 25.0 Å². The fourth-order valence-corrected chi connectivity index (χ4v) is 3.38. The third kappa shape index (κ3) is 6.80. The summed E-state index contributed by atoms with van der Waals surface area (Å²) in [7, 11) is 1.76. The molecule has 10 heteroatoms. The Hall–Kier alpha value is -3.95. The Kier molecular flexibility index (Phi) is 8.99. The van der Waals surface area contributed by atoms with Crippen LogP contribution in [0.2, 0.25) is 5.02 Å². The van der Waals surface area contributed by atoms with Gasteiger partial charge in [0.1, 0.15) is 11.6 Å². The molecule has 3 aromatic rings. The minimum absolute atomic E-state index is 0.279. The van der Waals surface area contributed by atoms with Crippen molar-refractivity contribution in [3.05, 3.63) is 76.4 Å². The van der Waals surface area contributed by atoms with Gasteiger partial charge in [-0.05, 0) is 63.2 Å². The first kappa shape index (κ1) is 26.7. The van der Waals surface area contributed by atoms with Crippen molar-refractivity contribution in [2.75, 3.05) is 35.7 Å². The quantitative estimate of drug-likeness (QED) is 0.188. The Morgan fingerprint density at radius 1 is 1.08 bits per heavy atom. The lowest BCUT2D eigenvalue weighted by molar-refractivity contribution is 0.102. The lowest BCUT2D eigenvalue weighted by atomic mass is 10.1. The molecule has 3 rings (SSSR count). The number of ether oxygens (including phenoxy) is 1. The number of carbonyl (C=O) groups excluding carboxylic acids is 2. The molecule has 0 spiro atoms. The van der Waals surface area contributed by atoms with Gasteiger partial charge in [-0.3, -0.25) is 15.0 Å². The maximum atomic E-state index is 13.3.